The van der Waals surface area contributed by atoms with Crippen LogP contribution in [0.2, 0.25) is 0 Å². The number of nitrogens with one attached hydrogen (secondary N) is 1. The van der Waals surface area contributed by atoms with E-state index in [1.165, 1.54) is 16.6 Å². The Labute approximate surface area is 159 Å². The van der Waals surface area contributed by atoms with Crippen LogP contribution in [-0.2, 0) is 10.0 Å². The van der Waals surface area contributed by atoms with Gasteiger partial charge in [-0.1, -0.05) is 13.8 Å². The fourth-order valence-electron chi connectivity index (χ4n) is 2.39. The number of methoxy groups -OCH3 is 2. The van der Waals surface area contributed by atoms with Crippen molar-refractivity contribution in [1.82, 2.24) is 9.29 Å². The Morgan fingerprint density at radius 1 is 1.11 bits per heavy atom. The first-order valence-electron chi connectivity index (χ1n) is 8.43. The fourth-order valence-corrected chi connectivity index (χ4v) is 3.79. The zero-order valence-corrected chi connectivity index (χ0v) is 16.7. The normalized spacial score (nSPS) is 11.7. The van der Waals surface area contributed by atoms with Crippen molar-refractivity contribution in [2.75, 3.05) is 32.7 Å². The molecule has 9 heteroatoms. The minimum Gasteiger partial charge on any atom is -0.497 e. The third kappa shape index (κ3) is 5.18. The first kappa shape index (κ1) is 20.7. The van der Waals surface area contributed by atoms with Crippen LogP contribution in [0.3, 0.4) is 0 Å². The molecule has 0 fully saturated rings. The second-order valence-electron chi connectivity index (χ2n) is 5.48. The van der Waals surface area contributed by atoms with Crippen LogP contribution < -0.4 is 14.9 Å². The van der Waals surface area contributed by atoms with Gasteiger partial charge in [0.2, 0.25) is 10.0 Å². The molecule has 0 amide bonds. The molecule has 146 valence electrons. The number of anilines is 1. The molecular formula is C18H24N4O4S. The number of rotatable bonds is 9. The van der Waals surface area contributed by atoms with Gasteiger partial charge in [-0.2, -0.15) is 9.41 Å². The van der Waals surface area contributed by atoms with Crippen molar-refractivity contribution in [2.24, 2.45) is 5.10 Å². The number of ether oxygens (including phenoxy) is 2. The summed E-state index contributed by atoms with van der Waals surface area (Å²) in [5, 5.41) is 4.11. The van der Waals surface area contributed by atoms with Crippen LogP contribution in [-0.4, -0.2) is 51.2 Å². The Hall–Kier alpha value is -2.65. The highest BCUT2D eigenvalue weighted by atomic mass is 32.2. The van der Waals surface area contributed by atoms with Gasteiger partial charge in [-0.3, -0.25) is 5.43 Å². The molecule has 0 spiro atoms. The summed E-state index contributed by atoms with van der Waals surface area (Å²) < 4.78 is 36.7. The molecule has 0 saturated heterocycles. The molecule has 2 rings (SSSR count). The molecule has 27 heavy (non-hydrogen) atoms. The summed E-state index contributed by atoms with van der Waals surface area (Å²) in [5.41, 5.74) is 3.55. The minimum absolute atomic E-state index is 0.151. The molecule has 1 aromatic heterocycles. The van der Waals surface area contributed by atoms with Gasteiger partial charge in [0.1, 0.15) is 22.2 Å². The largest absolute Gasteiger partial charge is 0.497 e. The number of hydrogen-bond acceptors (Lipinski definition) is 7. The molecular weight excluding hydrogens is 368 g/mol. The lowest BCUT2D eigenvalue weighted by Crippen LogP contribution is -2.30. The number of hydrogen-bond donors (Lipinski definition) is 1. The lowest BCUT2D eigenvalue weighted by atomic mass is 10.2. The van der Waals surface area contributed by atoms with Gasteiger partial charge >= 0.3 is 0 Å². The van der Waals surface area contributed by atoms with Gasteiger partial charge in [0.25, 0.3) is 0 Å². The quantitative estimate of drug-likeness (QED) is 0.521. The Morgan fingerprint density at radius 2 is 1.74 bits per heavy atom. The van der Waals surface area contributed by atoms with Gasteiger partial charge in [0.05, 0.1) is 20.4 Å². The number of hydrazone groups is 1. The zero-order valence-electron chi connectivity index (χ0n) is 15.8. The van der Waals surface area contributed by atoms with Gasteiger partial charge in [-0.15, -0.1) is 0 Å². The molecule has 0 unspecified atom stereocenters. The summed E-state index contributed by atoms with van der Waals surface area (Å²) in [6.07, 6.45) is 2.91. The molecule has 0 aliphatic heterocycles. The molecule has 0 saturated carbocycles. The second-order valence-corrected chi connectivity index (χ2v) is 7.42. The van der Waals surface area contributed by atoms with Crippen LogP contribution in [0.25, 0.3) is 0 Å². The highest BCUT2D eigenvalue weighted by Crippen LogP contribution is 2.21. The minimum atomic E-state index is -3.52. The van der Waals surface area contributed by atoms with Gasteiger partial charge < -0.3 is 9.47 Å². The van der Waals surface area contributed by atoms with Crippen LogP contribution in [0, 0.1) is 0 Å². The smallest absolute Gasteiger partial charge is 0.244 e. The van der Waals surface area contributed by atoms with Crippen LogP contribution in [0.1, 0.15) is 19.4 Å². The van der Waals surface area contributed by atoms with E-state index in [0.29, 0.717) is 30.4 Å². The van der Waals surface area contributed by atoms with Gasteiger partial charge in [0.15, 0.2) is 0 Å². The molecule has 0 atom stereocenters. The average Bonchev–Trinajstić information content (AvgIpc) is 2.68. The van der Waals surface area contributed by atoms with Crippen LogP contribution in [0.15, 0.2) is 46.5 Å². The molecule has 0 aliphatic carbocycles. The summed E-state index contributed by atoms with van der Waals surface area (Å²) in [5.74, 6) is 1.74. The lowest BCUT2D eigenvalue weighted by Gasteiger charge is -2.18. The Balaban J connectivity index is 2.10. The van der Waals surface area contributed by atoms with E-state index >= 15 is 0 Å². The number of pyridine rings is 1. The van der Waals surface area contributed by atoms with Crippen molar-refractivity contribution in [3.05, 3.63) is 42.1 Å². The highest BCUT2D eigenvalue weighted by molar-refractivity contribution is 7.89. The molecule has 1 heterocycles. The fraction of sp³-hybridized carbons (Fsp3) is 0.333. The molecule has 8 nitrogen and oxygen atoms in total. The van der Waals surface area contributed by atoms with E-state index < -0.39 is 10.0 Å². The molecule has 0 bridgehead atoms. The molecule has 1 N–H and O–H groups in total. The van der Waals surface area contributed by atoms with E-state index in [1.54, 1.807) is 58.5 Å². The number of aromatic nitrogens is 1. The third-order valence-electron chi connectivity index (χ3n) is 3.85. The number of nitrogens with zero attached hydrogens (tertiary/aromatic N) is 3. The first-order valence-corrected chi connectivity index (χ1v) is 9.87. The van der Waals surface area contributed by atoms with Crippen molar-refractivity contribution in [1.29, 1.82) is 0 Å². The standard InChI is InChI=1S/C18H24N4O4S/c1-5-22(6-2)27(23,24)17-7-8-18(19-13-17)21-20-12-14-9-15(25-3)11-16(10-14)26-4/h7-13H,5-6H2,1-4H3,(H,19,21)/b20-12+. The molecule has 2 aromatic rings. The summed E-state index contributed by atoms with van der Waals surface area (Å²) >= 11 is 0. The zero-order chi connectivity index (χ0) is 19.9. The van der Waals surface area contributed by atoms with Crippen molar-refractivity contribution in [3.63, 3.8) is 0 Å². The summed E-state index contributed by atoms with van der Waals surface area (Å²) in [4.78, 5) is 4.27. The maximum atomic E-state index is 12.4. The Bertz CT molecular complexity index is 856. The van der Waals surface area contributed by atoms with E-state index in [0.717, 1.165) is 5.56 Å². The molecule has 1 aromatic carbocycles. The Kier molecular flexibility index (Phi) is 7.14. The topological polar surface area (TPSA) is 93.1 Å². The highest BCUT2D eigenvalue weighted by Gasteiger charge is 2.21. The van der Waals surface area contributed by atoms with E-state index in [9.17, 15) is 8.42 Å². The van der Waals surface area contributed by atoms with Crippen molar-refractivity contribution in [3.8, 4) is 11.5 Å². The van der Waals surface area contributed by atoms with Crippen LogP contribution in [0.4, 0.5) is 5.82 Å². The van der Waals surface area contributed by atoms with Gasteiger partial charge in [0, 0.05) is 30.9 Å². The van der Waals surface area contributed by atoms with E-state index in [-0.39, 0.29) is 4.90 Å². The monoisotopic (exact) mass is 392 g/mol. The van der Waals surface area contributed by atoms with Crippen molar-refractivity contribution in [2.45, 2.75) is 18.7 Å². The van der Waals surface area contributed by atoms with Crippen molar-refractivity contribution >= 4 is 22.1 Å². The molecule has 0 radical (unpaired) electrons. The van der Waals surface area contributed by atoms with Crippen LogP contribution >= 0.6 is 0 Å². The lowest BCUT2D eigenvalue weighted by molar-refractivity contribution is 0.394. The summed E-state index contributed by atoms with van der Waals surface area (Å²) in [6.45, 7) is 4.42. The van der Waals surface area contributed by atoms with Crippen LogP contribution in [0.5, 0.6) is 11.5 Å². The number of benzene rings is 1. The predicted octanol–water partition coefficient (Wildman–Crippen LogP) is 2.58. The van der Waals surface area contributed by atoms with E-state index in [4.69, 9.17) is 9.47 Å². The Morgan fingerprint density at radius 3 is 2.22 bits per heavy atom. The SMILES string of the molecule is CCN(CC)S(=O)(=O)c1ccc(N/N=C/c2cc(OC)cc(OC)c2)nc1. The maximum Gasteiger partial charge on any atom is 0.244 e. The molecule has 0 aliphatic rings. The predicted molar refractivity (Wildman–Crippen MR) is 105 cm³/mol. The van der Waals surface area contributed by atoms with Gasteiger partial charge in [-0.25, -0.2) is 13.4 Å². The van der Waals surface area contributed by atoms with Gasteiger partial charge in [-0.05, 0) is 24.3 Å². The van der Waals surface area contributed by atoms with E-state index in [2.05, 4.69) is 15.5 Å². The maximum absolute atomic E-state index is 12.4. The summed E-state index contributed by atoms with van der Waals surface area (Å²) in [7, 11) is -0.370. The second kappa shape index (κ2) is 9.33. The average molecular weight is 392 g/mol. The number of sulfonamides is 1. The van der Waals surface area contributed by atoms with E-state index in [1.807, 2.05) is 0 Å². The first-order chi connectivity index (χ1) is 12.9. The summed E-state index contributed by atoms with van der Waals surface area (Å²) in [6, 6.07) is 8.45. The third-order valence-corrected chi connectivity index (χ3v) is 5.88. The van der Waals surface area contributed by atoms with Crippen molar-refractivity contribution < 1.29 is 17.9 Å².